The number of H-pyrrole nitrogens is 1. The topological polar surface area (TPSA) is 126 Å². The molecule has 2 saturated carbocycles. The van der Waals surface area contributed by atoms with Gasteiger partial charge in [0.25, 0.3) is 5.91 Å². The zero-order valence-corrected chi connectivity index (χ0v) is 19.7. The molecule has 0 spiro atoms. The summed E-state index contributed by atoms with van der Waals surface area (Å²) in [6.07, 6.45) is 8.01. The van der Waals surface area contributed by atoms with Crippen LogP contribution in [0.4, 0.5) is 5.69 Å². The van der Waals surface area contributed by atoms with Gasteiger partial charge in [0.05, 0.1) is 29.0 Å². The van der Waals surface area contributed by atoms with Crippen molar-refractivity contribution in [3.05, 3.63) is 47.2 Å². The van der Waals surface area contributed by atoms with Crippen molar-refractivity contribution in [2.24, 2.45) is 17.8 Å². The van der Waals surface area contributed by atoms with Crippen LogP contribution in [0.25, 0.3) is 11.3 Å². The Labute approximate surface area is 198 Å². The van der Waals surface area contributed by atoms with E-state index in [4.69, 9.17) is 4.52 Å². The monoisotopic (exact) mass is 462 g/mol. The lowest BCUT2D eigenvalue weighted by molar-refractivity contribution is -0.119. The number of carbonyl (C=O) groups is 2. The van der Waals surface area contributed by atoms with Crippen molar-refractivity contribution < 1.29 is 14.1 Å². The maximum Gasteiger partial charge on any atom is 0.257 e. The van der Waals surface area contributed by atoms with Gasteiger partial charge >= 0.3 is 0 Å². The molecular weight excluding hydrogens is 432 g/mol. The van der Waals surface area contributed by atoms with Crippen LogP contribution in [0.1, 0.15) is 60.0 Å². The first-order valence-electron chi connectivity index (χ1n) is 12.0. The Hall–Kier alpha value is -3.49. The minimum absolute atomic E-state index is 0.136. The Kier molecular flexibility index (Phi) is 5.93. The van der Waals surface area contributed by atoms with Gasteiger partial charge in [-0.05, 0) is 75.8 Å². The van der Waals surface area contributed by atoms with Crippen molar-refractivity contribution in [2.75, 3.05) is 5.32 Å². The van der Waals surface area contributed by atoms with Gasteiger partial charge < -0.3 is 15.2 Å². The fourth-order valence-electron chi connectivity index (χ4n) is 4.91. The number of aryl methyl sites for hydroxylation is 3. The van der Waals surface area contributed by atoms with Gasteiger partial charge in [-0.3, -0.25) is 19.7 Å². The van der Waals surface area contributed by atoms with Crippen LogP contribution in [0.3, 0.4) is 0 Å². The zero-order chi connectivity index (χ0) is 23.8. The fraction of sp³-hybridized carbons (Fsp3) is 0.480. The highest BCUT2D eigenvalue weighted by atomic mass is 16.5. The molecule has 2 aliphatic carbocycles. The number of aromatic amines is 1. The summed E-state index contributed by atoms with van der Waals surface area (Å²) in [5, 5.41) is 17.1. The van der Waals surface area contributed by atoms with Gasteiger partial charge in [0.15, 0.2) is 0 Å². The van der Waals surface area contributed by atoms with Crippen LogP contribution in [-0.4, -0.2) is 38.2 Å². The number of rotatable bonds is 9. The lowest BCUT2D eigenvalue weighted by atomic mass is 9.88. The van der Waals surface area contributed by atoms with Gasteiger partial charge in [0.2, 0.25) is 5.91 Å². The Morgan fingerprint density at radius 2 is 1.91 bits per heavy atom. The maximum absolute atomic E-state index is 13.5. The number of carbonyl (C=O) groups excluding carboxylic acids is 2. The molecule has 2 fully saturated rings. The standard InChI is InChI=1S/C25H30N6O3/c1-4-19-18(12-34-31-19)24(32)28-23(22(15-5-6-15)16-7-8-16)25(33)27-17-9-10-20(26-11-17)21-13(2)29-30-14(21)3/h9-12,15-16,22-23H,4-8H2,1-3H3,(H,27,33)(H,28,32)(H,29,30)/t23-/m0/s1. The van der Waals surface area contributed by atoms with E-state index in [1.165, 1.54) is 6.26 Å². The lowest BCUT2D eigenvalue weighted by Gasteiger charge is -2.27. The van der Waals surface area contributed by atoms with Crippen LogP contribution < -0.4 is 10.6 Å². The first kappa shape index (κ1) is 22.3. The number of anilines is 1. The van der Waals surface area contributed by atoms with Crippen molar-refractivity contribution in [3.63, 3.8) is 0 Å². The number of hydrogen-bond donors (Lipinski definition) is 3. The van der Waals surface area contributed by atoms with E-state index in [0.29, 0.717) is 35.2 Å². The predicted molar refractivity (Wildman–Crippen MR) is 126 cm³/mol. The molecule has 9 nitrogen and oxygen atoms in total. The van der Waals surface area contributed by atoms with Crippen molar-refractivity contribution in [1.82, 2.24) is 25.7 Å². The quantitative estimate of drug-likeness (QED) is 0.444. The highest BCUT2D eigenvalue weighted by Gasteiger charge is 2.48. The van der Waals surface area contributed by atoms with Crippen molar-refractivity contribution in [1.29, 1.82) is 0 Å². The van der Waals surface area contributed by atoms with Crippen molar-refractivity contribution in [3.8, 4) is 11.3 Å². The van der Waals surface area contributed by atoms with Crippen LogP contribution in [0.15, 0.2) is 29.1 Å². The number of hydrogen-bond acceptors (Lipinski definition) is 6. The molecule has 0 bridgehead atoms. The summed E-state index contributed by atoms with van der Waals surface area (Å²) in [5.41, 5.74) is 5.16. The highest BCUT2D eigenvalue weighted by Crippen LogP contribution is 2.51. The molecular formula is C25H30N6O3. The molecule has 0 aliphatic heterocycles. The Balaban J connectivity index is 1.35. The van der Waals surface area contributed by atoms with Crippen LogP contribution in [0.2, 0.25) is 0 Å². The Morgan fingerprint density at radius 3 is 2.47 bits per heavy atom. The van der Waals surface area contributed by atoms with Crippen LogP contribution in [0.5, 0.6) is 0 Å². The fourth-order valence-corrected chi connectivity index (χ4v) is 4.91. The summed E-state index contributed by atoms with van der Waals surface area (Å²) in [5.74, 6) is 0.562. The van der Waals surface area contributed by atoms with E-state index in [-0.39, 0.29) is 17.7 Å². The summed E-state index contributed by atoms with van der Waals surface area (Å²) in [7, 11) is 0. The second-order valence-electron chi connectivity index (χ2n) is 9.46. The molecule has 2 aliphatic rings. The largest absolute Gasteiger partial charge is 0.364 e. The third kappa shape index (κ3) is 4.47. The minimum atomic E-state index is -0.620. The predicted octanol–water partition coefficient (Wildman–Crippen LogP) is 3.81. The maximum atomic E-state index is 13.5. The Bertz CT molecular complexity index is 1160. The first-order valence-corrected chi connectivity index (χ1v) is 12.0. The summed E-state index contributed by atoms with van der Waals surface area (Å²) < 4.78 is 5.01. The first-order chi connectivity index (χ1) is 16.5. The number of amides is 2. The van der Waals surface area contributed by atoms with Crippen LogP contribution in [-0.2, 0) is 11.2 Å². The SMILES string of the molecule is CCc1nocc1C(=O)N[C@H](C(=O)Nc1ccc(-c2c(C)n[nH]c2C)nc1)C(C1CC1)C1CC1. The molecule has 3 aromatic rings. The van der Waals surface area contributed by atoms with Gasteiger partial charge in [0, 0.05) is 11.3 Å². The van der Waals surface area contributed by atoms with E-state index < -0.39 is 6.04 Å². The van der Waals surface area contributed by atoms with E-state index in [1.54, 1.807) is 6.20 Å². The molecule has 1 atom stereocenters. The summed E-state index contributed by atoms with van der Waals surface area (Å²) in [6.45, 7) is 5.80. The summed E-state index contributed by atoms with van der Waals surface area (Å²) >= 11 is 0. The smallest absolute Gasteiger partial charge is 0.257 e. The van der Waals surface area contributed by atoms with E-state index in [0.717, 1.165) is 48.3 Å². The van der Waals surface area contributed by atoms with Gasteiger partial charge in [-0.2, -0.15) is 5.10 Å². The molecule has 3 N–H and O–H groups in total. The second kappa shape index (κ2) is 9.04. The average molecular weight is 463 g/mol. The van der Waals surface area contributed by atoms with E-state index >= 15 is 0 Å². The summed E-state index contributed by atoms with van der Waals surface area (Å²) in [4.78, 5) is 31.1. The van der Waals surface area contributed by atoms with Crippen LogP contribution in [0, 0.1) is 31.6 Å². The minimum Gasteiger partial charge on any atom is -0.364 e. The molecule has 0 aromatic carbocycles. The second-order valence-corrected chi connectivity index (χ2v) is 9.46. The number of aromatic nitrogens is 4. The molecule has 0 radical (unpaired) electrons. The van der Waals surface area contributed by atoms with Crippen molar-refractivity contribution in [2.45, 2.75) is 58.9 Å². The van der Waals surface area contributed by atoms with Crippen LogP contribution >= 0.6 is 0 Å². The third-order valence-electron chi connectivity index (χ3n) is 6.93. The van der Waals surface area contributed by atoms with E-state index in [9.17, 15) is 9.59 Å². The summed E-state index contributed by atoms with van der Waals surface area (Å²) in [6, 6.07) is 3.09. The molecule has 178 valence electrons. The molecule has 34 heavy (non-hydrogen) atoms. The molecule has 0 saturated heterocycles. The highest BCUT2D eigenvalue weighted by molar-refractivity contribution is 6.01. The van der Waals surface area contributed by atoms with Gasteiger partial charge in [0.1, 0.15) is 17.9 Å². The van der Waals surface area contributed by atoms with Gasteiger partial charge in [-0.15, -0.1) is 0 Å². The van der Waals surface area contributed by atoms with E-state index in [2.05, 4.69) is 31.0 Å². The lowest BCUT2D eigenvalue weighted by Crippen LogP contribution is -2.50. The molecule has 3 heterocycles. The number of nitrogens with one attached hydrogen (secondary N) is 3. The van der Waals surface area contributed by atoms with E-state index in [1.807, 2.05) is 32.9 Å². The molecule has 2 amide bonds. The van der Waals surface area contributed by atoms with Crippen molar-refractivity contribution >= 4 is 17.5 Å². The van der Waals surface area contributed by atoms with Gasteiger partial charge in [-0.1, -0.05) is 12.1 Å². The van der Waals surface area contributed by atoms with Gasteiger partial charge in [-0.25, -0.2) is 0 Å². The zero-order valence-electron chi connectivity index (χ0n) is 19.7. The molecule has 3 aromatic heterocycles. The average Bonchev–Trinajstić information content (AvgIpc) is 3.76. The number of pyridine rings is 1. The number of nitrogens with zero attached hydrogens (tertiary/aromatic N) is 3. The molecule has 0 unspecified atom stereocenters. The molecule has 9 heteroatoms. The Morgan fingerprint density at radius 1 is 1.18 bits per heavy atom. The molecule has 5 rings (SSSR count). The normalized spacial score (nSPS) is 16.5. The third-order valence-corrected chi connectivity index (χ3v) is 6.93.